The second kappa shape index (κ2) is 6.41. The number of aryl methyl sites for hydroxylation is 1. The maximum Gasteiger partial charge on any atom is 0.211 e. The summed E-state index contributed by atoms with van der Waals surface area (Å²) in [6, 6.07) is 5.77. The molecular weight excluding hydrogens is 312 g/mol. The molecule has 1 saturated heterocycles. The van der Waals surface area contributed by atoms with E-state index in [0.717, 1.165) is 42.8 Å². The van der Waals surface area contributed by atoms with Crippen molar-refractivity contribution >= 4 is 10.0 Å². The fraction of sp³-hybridized carbons (Fsp3) is 0.500. The number of nitrogens with zero attached hydrogens (tertiary/aromatic N) is 4. The topological polar surface area (TPSA) is 68.1 Å². The van der Waals surface area contributed by atoms with Crippen LogP contribution in [0.2, 0.25) is 0 Å². The average Bonchev–Trinajstić information content (AvgIpc) is 3.16. The van der Waals surface area contributed by atoms with E-state index in [1.54, 1.807) is 16.7 Å². The van der Waals surface area contributed by atoms with Gasteiger partial charge >= 0.3 is 0 Å². The van der Waals surface area contributed by atoms with Gasteiger partial charge in [0.1, 0.15) is 0 Å². The highest BCUT2D eigenvalue weighted by Gasteiger charge is 2.32. The molecule has 1 atom stereocenters. The molecule has 0 amide bonds. The van der Waals surface area contributed by atoms with Crippen LogP contribution >= 0.6 is 0 Å². The highest BCUT2D eigenvalue weighted by Crippen LogP contribution is 2.34. The van der Waals surface area contributed by atoms with Crippen LogP contribution < -0.4 is 0 Å². The fourth-order valence-electron chi connectivity index (χ4n) is 3.20. The molecule has 0 saturated carbocycles. The summed E-state index contributed by atoms with van der Waals surface area (Å²) in [7, 11) is -3.19. The van der Waals surface area contributed by atoms with Gasteiger partial charge in [-0.15, -0.1) is 0 Å². The normalized spacial score (nSPS) is 19.3. The number of sulfonamides is 1. The van der Waals surface area contributed by atoms with E-state index >= 15 is 0 Å². The van der Waals surface area contributed by atoms with Crippen LogP contribution in [0.15, 0.2) is 30.6 Å². The van der Waals surface area contributed by atoms with Gasteiger partial charge in [0.15, 0.2) is 0 Å². The predicted octanol–water partition coefficient (Wildman–Crippen LogP) is 2.45. The number of hydrogen-bond acceptors (Lipinski definition) is 4. The third-order valence-corrected chi connectivity index (χ3v) is 5.50. The first kappa shape index (κ1) is 16.1. The molecule has 1 aliphatic rings. The predicted molar refractivity (Wildman–Crippen MR) is 89.3 cm³/mol. The van der Waals surface area contributed by atoms with Crippen LogP contribution in [0.3, 0.4) is 0 Å². The zero-order valence-electron chi connectivity index (χ0n) is 13.5. The molecular formula is C16H22N4O2S. The molecule has 1 aliphatic heterocycles. The Balaban J connectivity index is 1.95. The molecule has 2 aromatic rings. The van der Waals surface area contributed by atoms with Crippen molar-refractivity contribution in [2.45, 2.75) is 38.8 Å². The lowest BCUT2D eigenvalue weighted by atomic mass is 10.1. The number of pyridine rings is 1. The van der Waals surface area contributed by atoms with E-state index in [1.807, 2.05) is 22.9 Å². The Morgan fingerprint density at radius 2 is 2.13 bits per heavy atom. The smallest absolute Gasteiger partial charge is 0.211 e. The molecule has 0 aliphatic carbocycles. The first-order valence-corrected chi connectivity index (χ1v) is 9.80. The van der Waals surface area contributed by atoms with Crippen LogP contribution in [0.25, 0.3) is 11.4 Å². The standard InChI is InChI=1S/C16H22N4O2S/c1-3-10-19-16(7-9-18-19)14-12-13(6-8-17-14)15-5-4-11-20(15)23(2,21)22/h6-9,12,15H,3-5,10-11H2,1-2H3/t15-/m1/s1. The summed E-state index contributed by atoms with van der Waals surface area (Å²) in [5.74, 6) is 0. The van der Waals surface area contributed by atoms with Crippen LogP contribution in [0.4, 0.5) is 0 Å². The monoisotopic (exact) mass is 334 g/mol. The van der Waals surface area contributed by atoms with E-state index in [2.05, 4.69) is 17.0 Å². The molecule has 1 fully saturated rings. The summed E-state index contributed by atoms with van der Waals surface area (Å²) in [6.07, 6.45) is 7.56. The molecule has 0 unspecified atom stereocenters. The zero-order valence-corrected chi connectivity index (χ0v) is 14.3. The summed E-state index contributed by atoms with van der Waals surface area (Å²) < 4.78 is 27.5. The van der Waals surface area contributed by atoms with Gasteiger partial charge in [-0.2, -0.15) is 9.40 Å². The van der Waals surface area contributed by atoms with Crippen LogP contribution in [-0.2, 0) is 16.6 Å². The maximum absolute atomic E-state index is 12.0. The second-order valence-electron chi connectivity index (χ2n) is 5.95. The molecule has 3 rings (SSSR count). The average molecular weight is 334 g/mol. The summed E-state index contributed by atoms with van der Waals surface area (Å²) in [6.45, 7) is 3.54. The molecule has 0 radical (unpaired) electrons. The van der Waals surface area contributed by atoms with E-state index in [1.165, 1.54) is 6.26 Å². The maximum atomic E-state index is 12.0. The molecule has 23 heavy (non-hydrogen) atoms. The molecule has 0 spiro atoms. The summed E-state index contributed by atoms with van der Waals surface area (Å²) in [4.78, 5) is 4.45. The van der Waals surface area contributed by atoms with Crippen molar-refractivity contribution in [2.75, 3.05) is 12.8 Å². The Morgan fingerprint density at radius 1 is 1.30 bits per heavy atom. The van der Waals surface area contributed by atoms with Crippen LogP contribution in [0, 0.1) is 0 Å². The van der Waals surface area contributed by atoms with Gasteiger partial charge in [0.25, 0.3) is 0 Å². The van der Waals surface area contributed by atoms with Crippen molar-refractivity contribution in [3.05, 3.63) is 36.2 Å². The van der Waals surface area contributed by atoms with Gasteiger partial charge in [-0.1, -0.05) is 6.92 Å². The Labute approximate surface area is 137 Å². The van der Waals surface area contributed by atoms with Gasteiger partial charge in [-0.25, -0.2) is 8.42 Å². The summed E-state index contributed by atoms with van der Waals surface area (Å²) in [5, 5.41) is 4.33. The van der Waals surface area contributed by atoms with Crippen molar-refractivity contribution < 1.29 is 8.42 Å². The molecule has 7 heteroatoms. The Hall–Kier alpha value is -1.73. The van der Waals surface area contributed by atoms with Crippen molar-refractivity contribution in [2.24, 2.45) is 0 Å². The van der Waals surface area contributed by atoms with Gasteiger partial charge in [0.05, 0.1) is 17.6 Å². The van der Waals surface area contributed by atoms with Crippen molar-refractivity contribution in [1.82, 2.24) is 19.1 Å². The lowest BCUT2D eigenvalue weighted by Gasteiger charge is -2.22. The number of rotatable bonds is 5. The number of hydrogen-bond donors (Lipinski definition) is 0. The van der Waals surface area contributed by atoms with Crippen LogP contribution in [0.1, 0.15) is 37.8 Å². The molecule has 0 N–H and O–H groups in total. The summed E-state index contributed by atoms with van der Waals surface area (Å²) in [5.41, 5.74) is 2.81. The largest absolute Gasteiger partial charge is 0.263 e. The first-order valence-electron chi connectivity index (χ1n) is 7.95. The van der Waals surface area contributed by atoms with E-state index < -0.39 is 10.0 Å². The lowest BCUT2D eigenvalue weighted by molar-refractivity contribution is 0.400. The summed E-state index contributed by atoms with van der Waals surface area (Å²) >= 11 is 0. The van der Waals surface area contributed by atoms with Gasteiger partial charge in [-0.3, -0.25) is 9.67 Å². The molecule has 0 bridgehead atoms. The van der Waals surface area contributed by atoms with Crippen molar-refractivity contribution in [3.63, 3.8) is 0 Å². The van der Waals surface area contributed by atoms with Crippen molar-refractivity contribution in [1.29, 1.82) is 0 Å². The third-order valence-electron chi connectivity index (χ3n) is 4.21. The van der Waals surface area contributed by atoms with E-state index in [9.17, 15) is 8.42 Å². The van der Waals surface area contributed by atoms with Gasteiger partial charge in [0, 0.05) is 31.5 Å². The molecule has 2 aromatic heterocycles. The minimum absolute atomic E-state index is 0.0886. The van der Waals surface area contributed by atoms with Crippen LogP contribution in [-0.4, -0.2) is 40.3 Å². The minimum atomic E-state index is -3.19. The van der Waals surface area contributed by atoms with Crippen LogP contribution in [0.5, 0.6) is 0 Å². The highest BCUT2D eigenvalue weighted by atomic mass is 32.2. The lowest BCUT2D eigenvalue weighted by Crippen LogP contribution is -2.29. The second-order valence-corrected chi connectivity index (χ2v) is 7.88. The van der Waals surface area contributed by atoms with Gasteiger partial charge < -0.3 is 0 Å². The van der Waals surface area contributed by atoms with Gasteiger partial charge in [0.2, 0.25) is 10.0 Å². The molecule has 0 aromatic carbocycles. The molecule has 3 heterocycles. The Morgan fingerprint density at radius 3 is 2.87 bits per heavy atom. The highest BCUT2D eigenvalue weighted by molar-refractivity contribution is 7.88. The Kier molecular flexibility index (Phi) is 4.50. The molecule has 124 valence electrons. The third kappa shape index (κ3) is 3.30. The van der Waals surface area contributed by atoms with E-state index in [-0.39, 0.29) is 6.04 Å². The van der Waals surface area contributed by atoms with E-state index in [4.69, 9.17) is 0 Å². The molecule has 6 nitrogen and oxygen atoms in total. The SMILES string of the molecule is CCCn1nccc1-c1cc([C@H]2CCCN2S(C)(=O)=O)ccn1. The van der Waals surface area contributed by atoms with Crippen molar-refractivity contribution in [3.8, 4) is 11.4 Å². The minimum Gasteiger partial charge on any atom is -0.263 e. The van der Waals surface area contributed by atoms with Gasteiger partial charge in [-0.05, 0) is 43.0 Å². The quantitative estimate of drug-likeness (QED) is 0.842. The van der Waals surface area contributed by atoms with E-state index in [0.29, 0.717) is 6.54 Å². The zero-order chi connectivity index (χ0) is 16.4. The number of aromatic nitrogens is 3. The fourth-order valence-corrected chi connectivity index (χ4v) is 4.35. The first-order chi connectivity index (χ1) is 11.0. The Bertz CT molecular complexity index is 785.